The molecule has 0 unspecified atom stereocenters. The number of thiophene rings is 1. The molecule has 0 atom stereocenters. The zero-order chi connectivity index (χ0) is 10.3. The molecule has 0 aliphatic heterocycles. The first-order valence-electron chi connectivity index (χ1n) is 4.95. The Hall–Kier alpha value is -1.20. The second-order valence-corrected chi connectivity index (χ2v) is 4.86. The Morgan fingerprint density at radius 3 is 2.93 bits per heavy atom. The highest BCUT2D eigenvalue weighted by Crippen LogP contribution is 2.37. The third kappa shape index (κ3) is 1.39. The summed E-state index contributed by atoms with van der Waals surface area (Å²) in [5.41, 5.74) is 5.77. The molecule has 0 aromatic carbocycles. The van der Waals surface area contributed by atoms with Crippen LogP contribution in [0.5, 0.6) is 0 Å². The maximum absolute atomic E-state index is 6.11. The smallest absolute Gasteiger partial charge is 0.268 e. The van der Waals surface area contributed by atoms with Crippen LogP contribution >= 0.6 is 11.3 Å². The van der Waals surface area contributed by atoms with Gasteiger partial charge < -0.3 is 10.3 Å². The first kappa shape index (κ1) is 9.06. The highest BCUT2D eigenvalue weighted by molar-refractivity contribution is 7.13. The van der Waals surface area contributed by atoms with E-state index in [1.54, 1.807) is 11.3 Å². The van der Waals surface area contributed by atoms with Gasteiger partial charge in [0.25, 0.3) is 5.89 Å². The summed E-state index contributed by atoms with van der Waals surface area (Å²) in [6.45, 7) is 0. The van der Waals surface area contributed by atoms with Gasteiger partial charge in [0, 0.05) is 0 Å². The van der Waals surface area contributed by atoms with E-state index in [9.17, 15) is 0 Å². The molecule has 78 valence electrons. The van der Waals surface area contributed by atoms with E-state index in [0.29, 0.717) is 11.7 Å². The molecule has 0 saturated heterocycles. The van der Waals surface area contributed by atoms with Gasteiger partial charge in [-0.1, -0.05) is 11.2 Å². The van der Waals surface area contributed by atoms with Crippen LogP contribution in [0.1, 0.15) is 25.1 Å². The Labute approximate surface area is 91.1 Å². The average Bonchev–Trinajstić information content (AvgIpc) is 2.84. The molecule has 0 radical (unpaired) electrons. The molecule has 0 bridgehead atoms. The molecule has 1 fully saturated rings. The van der Waals surface area contributed by atoms with Gasteiger partial charge in [-0.2, -0.15) is 4.98 Å². The van der Waals surface area contributed by atoms with Crippen molar-refractivity contribution < 1.29 is 4.52 Å². The van der Waals surface area contributed by atoms with Crippen molar-refractivity contribution in [1.82, 2.24) is 10.1 Å². The van der Waals surface area contributed by atoms with Crippen LogP contribution in [0.4, 0.5) is 0 Å². The average molecular weight is 221 g/mol. The van der Waals surface area contributed by atoms with E-state index in [2.05, 4.69) is 10.1 Å². The fourth-order valence-electron chi connectivity index (χ4n) is 1.71. The molecule has 1 aliphatic carbocycles. The fraction of sp³-hybridized carbons (Fsp3) is 0.400. The number of rotatable bonds is 2. The van der Waals surface area contributed by atoms with Crippen molar-refractivity contribution in [2.24, 2.45) is 5.73 Å². The van der Waals surface area contributed by atoms with Crippen molar-refractivity contribution in [2.45, 2.75) is 24.8 Å². The van der Waals surface area contributed by atoms with Crippen LogP contribution in [0.25, 0.3) is 10.8 Å². The standard InChI is InChI=1S/C10H11N3OS/c11-10(4-2-5-10)9-12-8(14-13-9)7-3-1-6-15-7/h1,3,6H,2,4-5,11H2. The first-order valence-corrected chi connectivity index (χ1v) is 5.83. The number of hydrogen-bond donors (Lipinski definition) is 1. The van der Waals surface area contributed by atoms with Gasteiger partial charge in [-0.25, -0.2) is 0 Å². The maximum atomic E-state index is 6.11. The lowest BCUT2D eigenvalue weighted by molar-refractivity contribution is 0.229. The minimum Gasteiger partial charge on any atom is -0.333 e. The van der Waals surface area contributed by atoms with Crippen molar-refractivity contribution in [3.05, 3.63) is 23.3 Å². The van der Waals surface area contributed by atoms with E-state index in [-0.39, 0.29) is 5.54 Å². The van der Waals surface area contributed by atoms with Gasteiger partial charge in [0.15, 0.2) is 5.82 Å². The quantitative estimate of drug-likeness (QED) is 0.843. The third-order valence-corrected chi connectivity index (χ3v) is 3.71. The summed E-state index contributed by atoms with van der Waals surface area (Å²) in [5, 5.41) is 5.95. The molecule has 2 aromatic heterocycles. The molecule has 2 N–H and O–H groups in total. The lowest BCUT2D eigenvalue weighted by Crippen LogP contribution is -2.44. The summed E-state index contributed by atoms with van der Waals surface area (Å²) in [6.07, 6.45) is 3.06. The Kier molecular flexibility index (Phi) is 1.90. The van der Waals surface area contributed by atoms with E-state index >= 15 is 0 Å². The van der Waals surface area contributed by atoms with E-state index < -0.39 is 0 Å². The van der Waals surface area contributed by atoms with Gasteiger partial charge in [-0.05, 0) is 30.7 Å². The molecular weight excluding hydrogens is 210 g/mol. The normalized spacial score (nSPS) is 18.7. The fourth-order valence-corrected chi connectivity index (χ4v) is 2.35. The molecule has 1 aliphatic rings. The Bertz CT molecular complexity index is 459. The lowest BCUT2D eigenvalue weighted by Gasteiger charge is -2.34. The summed E-state index contributed by atoms with van der Waals surface area (Å²) in [4.78, 5) is 5.35. The van der Waals surface area contributed by atoms with Gasteiger partial charge in [0.1, 0.15) is 0 Å². The number of hydrogen-bond acceptors (Lipinski definition) is 5. The second-order valence-electron chi connectivity index (χ2n) is 3.91. The Morgan fingerprint density at radius 2 is 2.33 bits per heavy atom. The molecular formula is C10H11N3OS. The number of nitrogens with zero attached hydrogens (tertiary/aromatic N) is 2. The SMILES string of the molecule is NC1(c2noc(-c3cccs3)n2)CCC1. The number of nitrogens with two attached hydrogens (primary N) is 1. The maximum Gasteiger partial charge on any atom is 0.268 e. The molecule has 2 heterocycles. The highest BCUT2D eigenvalue weighted by Gasteiger charge is 2.39. The first-order chi connectivity index (χ1) is 7.28. The molecule has 1 saturated carbocycles. The van der Waals surface area contributed by atoms with Crippen LogP contribution in [-0.2, 0) is 5.54 Å². The molecule has 0 amide bonds. The predicted molar refractivity (Wildman–Crippen MR) is 57.3 cm³/mol. The zero-order valence-corrected chi connectivity index (χ0v) is 8.96. The van der Waals surface area contributed by atoms with Gasteiger partial charge in [-0.3, -0.25) is 0 Å². The Morgan fingerprint density at radius 1 is 1.47 bits per heavy atom. The second kappa shape index (κ2) is 3.15. The predicted octanol–water partition coefficient (Wildman–Crippen LogP) is 2.14. The molecule has 4 nitrogen and oxygen atoms in total. The van der Waals surface area contributed by atoms with Crippen LogP contribution in [-0.4, -0.2) is 10.1 Å². The number of aromatic nitrogens is 2. The zero-order valence-electron chi connectivity index (χ0n) is 8.14. The molecule has 2 aromatic rings. The topological polar surface area (TPSA) is 64.9 Å². The van der Waals surface area contributed by atoms with E-state index in [4.69, 9.17) is 10.3 Å². The Balaban J connectivity index is 1.94. The molecule has 0 spiro atoms. The summed E-state index contributed by atoms with van der Waals surface area (Å²) < 4.78 is 5.20. The third-order valence-electron chi connectivity index (χ3n) is 2.85. The van der Waals surface area contributed by atoms with E-state index in [0.717, 1.165) is 24.1 Å². The van der Waals surface area contributed by atoms with Gasteiger partial charge in [0.2, 0.25) is 0 Å². The largest absolute Gasteiger partial charge is 0.333 e. The summed E-state index contributed by atoms with van der Waals surface area (Å²) in [7, 11) is 0. The van der Waals surface area contributed by atoms with Crippen molar-refractivity contribution in [2.75, 3.05) is 0 Å². The van der Waals surface area contributed by atoms with Crippen molar-refractivity contribution >= 4 is 11.3 Å². The van der Waals surface area contributed by atoms with E-state index in [1.807, 2.05) is 17.5 Å². The monoisotopic (exact) mass is 221 g/mol. The molecule has 15 heavy (non-hydrogen) atoms. The van der Waals surface area contributed by atoms with Crippen molar-refractivity contribution in [1.29, 1.82) is 0 Å². The van der Waals surface area contributed by atoms with Crippen LogP contribution in [0.2, 0.25) is 0 Å². The molecule has 3 rings (SSSR count). The summed E-state index contributed by atoms with van der Waals surface area (Å²) in [6, 6.07) is 3.93. The van der Waals surface area contributed by atoms with Crippen molar-refractivity contribution in [3.63, 3.8) is 0 Å². The minimum atomic E-state index is -0.334. The van der Waals surface area contributed by atoms with E-state index in [1.165, 1.54) is 0 Å². The minimum absolute atomic E-state index is 0.334. The summed E-state index contributed by atoms with van der Waals surface area (Å²) in [5.74, 6) is 1.23. The lowest BCUT2D eigenvalue weighted by atomic mass is 9.77. The molecule has 5 heteroatoms. The van der Waals surface area contributed by atoms with Gasteiger partial charge in [-0.15, -0.1) is 11.3 Å². The van der Waals surface area contributed by atoms with Crippen LogP contribution in [0, 0.1) is 0 Å². The van der Waals surface area contributed by atoms with Crippen LogP contribution in [0.3, 0.4) is 0 Å². The van der Waals surface area contributed by atoms with Gasteiger partial charge >= 0.3 is 0 Å². The van der Waals surface area contributed by atoms with Gasteiger partial charge in [0.05, 0.1) is 10.4 Å². The highest BCUT2D eigenvalue weighted by atomic mass is 32.1. The van der Waals surface area contributed by atoms with Crippen LogP contribution < -0.4 is 5.73 Å². The van der Waals surface area contributed by atoms with Crippen LogP contribution in [0.15, 0.2) is 22.0 Å². The van der Waals surface area contributed by atoms with Crippen molar-refractivity contribution in [3.8, 4) is 10.8 Å². The summed E-state index contributed by atoms with van der Waals surface area (Å²) >= 11 is 1.59.